The van der Waals surface area contributed by atoms with Crippen LogP contribution in [0.4, 0.5) is 0 Å². The number of benzene rings is 2. The van der Waals surface area contributed by atoms with E-state index in [1.54, 1.807) is 0 Å². The van der Waals surface area contributed by atoms with E-state index in [1.807, 2.05) is 0 Å². The molecular formula is C30H41Cl2SiZr. The number of halogens is 2. The zero-order valence-electron chi connectivity index (χ0n) is 21.3. The van der Waals surface area contributed by atoms with Crippen molar-refractivity contribution >= 4 is 35.1 Å². The molecule has 0 amide bonds. The summed E-state index contributed by atoms with van der Waals surface area (Å²) >= 11 is -4.01. The average molecular weight is 592 g/mol. The first-order valence-electron chi connectivity index (χ1n) is 13.4. The molecule has 2 aromatic carbocycles. The summed E-state index contributed by atoms with van der Waals surface area (Å²) in [5.41, 5.74) is 5.74. The van der Waals surface area contributed by atoms with E-state index in [0.29, 0.717) is 19.1 Å². The zero-order chi connectivity index (χ0) is 24.4. The Bertz CT molecular complexity index is 980. The predicted octanol–water partition coefficient (Wildman–Crippen LogP) is 10.5. The second-order valence-electron chi connectivity index (χ2n) is 10.9. The van der Waals surface area contributed by atoms with Crippen LogP contribution >= 0.6 is 17.0 Å². The number of fused-ring (bicyclic) bond motifs is 2. The molecule has 0 saturated carbocycles. The summed E-state index contributed by atoms with van der Waals surface area (Å²) < 4.78 is 1.04. The van der Waals surface area contributed by atoms with Crippen LogP contribution in [0.3, 0.4) is 0 Å². The maximum absolute atomic E-state index is 8.03. The standard InChI is InChI=1S/2C14H17.C2H7Si.2ClH.Zr/c2*1-2-3-4-7-12-10-11-13-8-5-6-9-14(12)13;1-3-2;;;/h2*3,5-6,8-12H,2,4,7H2,1H3;3H,1-2H3;2*1H;/q;;;;;+2/p-2. The number of rotatable bonds is 11. The molecule has 0 radical (unpaired) electrons. The van der Waals surface area contributed by atoms with E-state index < -0.39 is 21.5 Å². The molecule has 2 aliphatic carbocycles. The normalized spacial score (nSPS) is 21.8. The topological polar surface area (TPSA) is 0 Å². The van der Waals surface area contributed by atoms with Gasteiger partial charge < -0.3 is 0 Å². The van der Waals surface area contributed by atoms with Crippen molar-refractivity contribution in [2.45, 2.75) is 84.6 Å². The van der Waals surface area contributed by atoms with E-state index in [0.717, 1.165) is 12.8 Å². The van der Waals surface area contributed by atoms with E-state index in [9.17, 15) is 0 Å². The van der Waals surface area contributed by atoms with Crippen molar-refractivity contribution in [2.75, 3.05) is 0 Å². The van der Waals surface area contributed by atoms with Crippen LogP contribution in [0.2, 0.25) is 20.3 Å². The van der Waals surface area contributed by atoms with Crippen molar-refractivity contribution < 1.29 is 15.6 Å². The predicted molar refractivity (Wildman–Crippen MR) is 154 cm³/mol. The van der Waals surface area contributed by atoms with E-state index in [4.69, 9.17) is 17.0 Å². The fourth-order valence-corrected chi connectivity index (χ4v) is 42.7. The Labute approximate surface area is 216 Å². The molecule has 4 rings (SSSR count). The van der Waals surface area contributed by atoms with Crippen LogP contribution in [0, 0.1) is 0 Å². The molecule has 0 heterocycles. The Balaban J connectivity index is 1.51. The molecule has 0 N–H and O–H groups in total. The first-order chi connectivity index (χ1) is 16.3. The molecule has 0 aliphatic heterocycles. The number of allylic oxidation sites excluding steroid dienone is 2. The first-order valence-corrected chi connectivity index (χ1v) is 29.7. The van der Waals surface area contributed by atoms with Gasteiger partial charge in [-0.1, -0.05) is 0 Å². The van der Waals surface area contributed by atoms with Crippen LogP contribution in [0.25, 0.3) is 12.2 Å². The van der Waals surface area contributed by atoms with Crippen molar-refractivity contribution in [3.63, 3.8) is 0 Å². The van der Waals surface area contributed by atoms with Gasteiger partial charge in [0.15, 0.2) is 0 Å². The van der Waals surface area contributed by atoms with E-state index in [1.165, 1.54) is 47.9 Å². The molecule has 4 atom stereocenters. The molecule has 2 aliphatic rings. The summed E-state index contributed by atoms with van der Waals surface area (Å²) in [7, 11) is 16.1. The molecule has 4 unspecified atom stereocenters. The minimum absolute atomic E-state index is 0.520. The summed E-state index contributed by atoms with van der Waals surface area (Å²) in [6.45, 7) is 9.62. The van der Waals surface area contributed by atoms with Crippen LogP contribution < -0.4 is 0 Å². The average Bonchev–Trinajstić information content (AvgIpc) is 3.44. The van der Waals surface area contributed by atoms with Crippen LogP contribution in [0.15, 0.2) is 60.7 Å². The maximum atomic E-state index is 8.03. The first kappa shape index (κ1) is 26.7. The van der Waals surface area contributed by atoms with Gasteiger partial charge in [-0.15, -0.1) is 0 Å². The second-order valence-corrected chi connectivity index (χ2v) is 54.6. The van der Waals surface area contributed by atoms with Gasteiger partial charge in [0, 0.05) is 0 Å². The van der Waals surface area contributed by atoms with Gasteiger partial charge in [0.1, 0.15) is 0 Å². The third-order valence-corrected chi connectivity index (χ3v) is 67.1. The Morgan fingerprint density at radius 2 is 1.15 bits per heavy atom. The van der Waals surface area contributed by atoms with Crippen molar-refractivity contribution in [1.29, 1.82) is 0 Å². The van der Waals surface area contributed by atoms with Crippen molar-refractivity contribution in [1.82, 2.24) is 0 Å². The molecule has 34 heavy (non-hydrogen) atoms. The minimum atomic E-state index is -4.01. The van der Waals surface area contributed by atoms with E-state index in [-0.39, 0.29) is 0 Å². The molecule has 183 valence electrons. The van der Waals surface area contributed by atoms with Gasteiger partial charge in [0.25, 0.3) is 0 Å². The Hall–Kier alpha value is -0.400. The molecule has 4 heteroatoms. The van der Waals surface area contributed by atoms with Gasteiger partial charge in [-0.3, -0.25) is 0 Å². The zero-order valence-corrected chi connectivity index (χ0v) is 26.4. The number of hydrogen-bond donors (Lipinski definition) is 0. The van der Waals surface area contributed by atoms with Crippen molar-refractivity contribution in [2.24, 2.45) is 0 Å². The monoisotopic (exact) mass is 589 g/mol. The fourth-order valence-electron chi connectivity index (χ4n) is 6.93. The Kier molecular flexibility index (Phi) is 8.56. The summed E-state index contributed by atoms with van der Waals surface area (Å²) in [5.74, 6) is -0.187. The Morgan fingerprint density at radius 1 is 0.735 bits per heavy atom. The molecule has 0 bridgehead atoms. The Morgan fingerprint density at radius 3 is 1.53 bits per heavy atom. The molecular weight excluding hydrogens is 551 g/mol. The van der Waals surface area contributed by atoms with Crippen LogP contribution in [-0.4, -0.2) is 5.92 Å². The third kappa shape index (κ3) is 4.91. The van der Waals surface area contributed by atoms with Gasteiger partial charge >= 0.3 is 218 Å². The molecule has 0 spiro atoms. The van der Waals surface area contributed by atoms with Crippen LogP contribution in [0.1, 0.15) is 86.5 Å². The van der Waals surface area contributed by atoms with Gasteiger partial charge in [0.2, 0.25) is 0 Å². The quantitative estimate of drug-likeness (QED) is 0.228. The molecule has 0 aromatic heterocycles. The van der Waals surface area contributed by atoms with Gasteiger partial charge in [0.05, 0.1) is 0 Å². The summed E-state index contributed by atoms with van der Waals surface area (Å²) in [6.07, 6.45) is 16.3. The van der Waals surface area contributed by atoms with Crippen LogP contribution in [-0.2, 0) is 15.6 Å². The van der Waals surface area contributed by atoms with Gasteiger partial charge in [-0.25, -0.2) is 0 Å². The van der Waals surface area contributed by atoms with E-state index >= 15 is 0 Å². The molecule has 2 aromatic rings. The van der Waals surface area contributed by atoms with Crippen molar-refractivity contribution in [3.8, 4) is 0 Å². The SMILES string of the molecule is CC[CH](CCC1C=Cc2ccccc21)[Zr]([Cl])([Cl])([CH](CC)CCC1C=Cc2ccccc21)[SiH](C)C. The molecule has 0 nitrogen and oxygen atoms in total. The van der Waals surface area contributed by atoms with Crippen LogP contribution in [0.5, 0.6) is 0 Å². The van der Waals surface area contributed by atoms with Gasteiger partial charge in [-0.2, -0.15) is 0 Å². The summed E-state index contributed by atoms with van der Waals surface area (Å²) in [4.78, 5) is 0. The molecule has 0 fully saturated rings. The summed E-state index contributed by atoms with van der Waals surface area (Å²) in [6, 6.07) is 17.7. The fraction of sp³-hybridized carbons (Fsp3) is 0.467. The second kappa shape index (κ2) is 10.9. The summed E-state index contributed by atoms with van der Waals surface area (Å²) in [5, 5.41) is 0. The van der Waals surface area contributed by atoms with E-state index in [2.05, 4.69) is 99.8 Å². The van der Waals surface area contributed by atoms with Crippen molar-refractivity contribution in [3.05, 3.63) is 82.9 Å². The third-order valence-electron chi connectivity index (χ3n) is 9.11. The van der Waals surface area contributed by atoms with Gasteiger partial charge in [-0.05, 0) is 0 Å². The number of hydrogen-bond acceptors (Lipinski definition) is 0. The molecule has 0 saturated heterocycles.